The highest BCUT2D eigenvalue weighted by atomic mass is 35.5. The average molecular weight is 324 g/mol. The van der Waals surface area contributed by atoms with E-state index in [-0.39, 0.29) is 12.4 Å². The second-order valence-electron chi connectivity index (χ2n) is 5.07. The lowest BCUT2D eigenvalue weighted by molar-refractivity contribution is 0.163. The van der Waals surface area contributed by atoms with Crippen molar-refractivity contribution < 1.29 is 4.74 Å². The van der Waals surface area contributed by atoms with Gasteiger partial charge in [-0.1, -0.05) is 41.9 Å². The van der Waals surface area contributed by atoms with Gasteiger partial charge in [0.2, 0.25) is 0 Å². The van der Waals surface area contributed by atoms with Crippen LogP contribution in [0.1, 0.15) is 12.8 Å². The molecule has 0 aliphatic carbocycles. The summed E-state index contributed by atoms with van der Waals surface area (Å²) in [7, 11) is 0. The van der Waals surface area contributed by atoms with Crippen molar-refractivity contribution in [3.8, 4) is 16.9 Å². The molecule has 0 radical (unpaired) electrons. The van der Waals surface area contributed by atoms with E-state index in [1.54, 1.807) is 0 Å². The molecule has 1 fully saturated rings. The van der Waals surface area contributed by atoms with Crippen LogP contribution in [0, 0.1) is 0 Å². The van der Waals surface area contributed by atoms with Gasteiger partial charge in [0, 0.05) is 10.6 Å². The van der Waals surface area contributed by atoms with Crippen molar-refractivity contribution in [1.29, 1.82) is 0 Å². The van der Waals surface area contributed by atoms with E-state index in [0.29, 0.717) is 6.10 Å². The van der Waals surface area contributed by atoms with Crippen molar-refractivity contribution in [1.82, 2.24) is 5.32 Å². The molecule has 1 aliphatic rings. The third kappa shape index (κ3) is 4.13. The zero-order valence-corrected chi connectivity index (χ0v) is 13.3. The molecule has 1 saturated heterocycles. The summed E-state index contributed by atoms with van der Waals surface area (Å²) in [6.07, 6.45) is 2.40. The highest BCUT2D eigenvalue weighted by Crippen LogP contribution is 2.33. The maximum Gasteiger partial charge on any atom is 0.127 e. The number of nitrogens with one attached hydrogen (secondary N) is 1. The molecule has 112 valence electrons. The van der Waals surface area contributed by atoms with Gasteiger partial charge in [-0.2, -0.15) is 0 Å². The van der Waals surface area contributed by atoms with Crippen LogP contribution in [-0.2, 0) is 0 Å². The largest absolute Gasteiger partial charge is 0.490 e. The summed E-state index contributed by atoms with van der Waals surface area (Å²) in [4.78, 5) is 0. The molecule has 4 heteroatoms. The van der Waals surface area contributed by atoms with Crippen LogP contribution in [0.25, 0.3) is 11.1 Å². The van der Waals surface area contributed by atoms with Crippen molar-refractivity contribution >= 4 is 24.0 Å². The Bertz CT molecular complexity index is 568. The van der Waals surface area contributed by atoms with Crippen LogP contribution in [0.5, 0.6) is 5.75 Å². The maximum absolute atomic E-state index is 6.20. The van der Waals surface area contributed by atoms with Crippen molar-refractivity contribution in [2.45, 2.75) is 18.9 Å². The first-order chi connectivity index (χ1) is 9.83. The van der Waals surface area contributed by atoms with E-state index in [4.69, 9.17) is 16.3 Å². The minimum atomic E-state index is 0. The lowest BCUT2D eigenvalue weighted by Crippen LogP contribution is -2.34. The predicted octanol–water partition coefficient (Wildman–Crippen LogP) is 4.56. The van der Waals surface area contributed by atoms with Crippen molar-refractivity contribution in [2.24, 2.45) is 0 Å². The molecular formula is C17H19Cl2NO. The molecule has 0 atom stereocenters. The van der Waals surface area contributed by atoms with Gasteiger partial charge in [0.25, 0.3) is 0 Å². The number of ether oxygens (including phenoxy) is 1. The van der Waals surface area contributed by atoms with Gasteiger partial charge in [0.05, 0.1) is 0 Å². The number of hydrogen-bond donors (Lipinski definition) is 1. The maximum atomic E-state index is 6.20. The Balaban J connectivity index is 0.00000161. The van der Waals surface area contributed by atoms with Gasteiger partial charge >= 0.3 is 0 Å². The lowest BCUT2D eigenvalue weighted by Gasteiger charge is -2.25. The monoisotopic (exact) mass is 323 g/mol. The van der Waals surface area contributed by atoms with E-state index in [2.05, 4.69) is 17.4 Å². The van der Waals surface area contributed by atoms with Crippen LogP contribution in [-0.4, -0.2) is 19.2 Å². The van der Waals surface area contributed by atoms with Crippen molar-refractivity contribution in [3.63, 3.8) is 0 Å². The van der Waals surface area contributed by atoms with E-state index in [1.165, 1.54) is 0 Å². The third-order valence-corrected chi connectivity index (χ3v) is 3.84. The summed E-state index contributed by atoms with van der Waals surface area (Å²) in [6.45, 7) is 2.05. The highest BCUT2D eigenvalue weighted by Gasteiger charge is 2.16. The molecule has 1 N–H and O–H groups in total. The molecule has 0 spiro atoms. The summed E-state index contributed by atoms with van der Waals surface area (Å²) in [5.41, 5.74) is 2.20. The molecule has 0 saturated carbocycles. The predicted molar refractivity (Wildman–Crippen MR) is 90.7 cm³/mol. The minimum Gasteiger partial charge on any atom is -0.490 e. The normalized spacial score (nSPS) is 15.3. The Labute approximate surface area is 136 Å². The molecule has 0 aromatic heterocycles. The smallest absolute Gasteiger partial charge is 0.127 e. The molecule has 3 rings (SSSR count). The second-order valence-corrected chi connectivity index (χ2v) is 5.51. The van der Waals surface area contributed by atoms with E-state index in [9.17, 15) is 0 Å². The number of benzene rings is 2. The average Bonchev–Trinajstić information content (AvgIpc) is 2.51. The van der Waals surface area contributed by atoms with Gasteiger partial charge in [0.1, 0.15) is 11.9 Å². The Morgan fingerprint density at radius 2 is 1.71 bits per heavy atom. The number of halogens is 2. The second kappa shape index (κ2) is 7.69. The molecular weight excluding hydrogens is 305 g/mol. The molecule has 2 nitrogen and oxygen atoms in total. The summed E-state index contributed by atoms with van der Waals surface area (Å²) in [5.74, 6) is 0.924. The van der Waals surface area contributed by atoms with Gasteiger partial charge in [0.15, 0.2) is 0 Å². The summed E-state index contributed by atoms with van der Waals surface area (Å²) in [5, 5.41) is 4.09. The zero-order chi connectivity index (χ0) is 13.8. The van der Waals surface area contributed by atoms with E-state index >= 15 is 0 Å². The Morgan fingerprint density at radius 1 is 1.00 bits per heavy atom. The molecule has 2 aromatic rings. The van der Waals surface area contributed by atoms with Crippen molar-refractivity contribution in [3.05, 3.63) is 53.6 Å². The molecule has 1 heterocycles. The first-order valence-electron chi connectivity index (χ1n) is 7.05. The van der Waals surface area contributed by atoms with Gasteiger partial charge in [-0.25, -0.2) is 0 Å². The van der Waals surface area contributed by atoms with Crippen LogP contribution < -0.4 is 10.1 Å². The van der Waals surface area contributed by atoms with Gasteiger partial charge in [-0.15, -0.1) is 12.4 Å². The van der Waals surface area contributed by atoms with Crippen LogP contribution in [0.3, 0.4) is 0 Å². The van der Waals surface area contributed by atoms with E-state index < -0.39 is 0 Å². The van der Waals surface area contributed by atoms with Crippen LogP contribution in [0.15, 0.2) is 48.5 Å². The Hall–Kier alpha value is -1.22. The van der Waals surface area contributed by atoms with Crippen molar-refractivity contribution in [2.75, 3.05) is 13.1 Å². The summed E-state index contributed by atoms with van der Waals surface area (Å²) >= 11 is 6.14. The lowest BCUT2D eigenvalue weighted by atomic mass is 10.0. The van der Waals surface area contributed by atoms with Crippen LogP contribution >= 0.6 is 24.0 Å². The Morgan fingerprint density at radius 3 is 2.43 bits per heavy atom. The minimum absolute atomic E-state index is 0. The fourth-order valence-electron chi connectivity index (χ4n) is 2.54. The van der Waals surface area contributed by atoms with E-state index in [0.717, 1.165) is 47.8 Å². The summed E-state index contributed by atoms with van der Waals surface area (Å²) in [6, 6.07) is 16.1. The number of piperidine rings is 1. The van der Waals surface area contributed by atoms with Gasteiger partial charge in [-0.05, 0) is 49.7 Å². The van der Waals surface area contributed by atoms with Gasteiger partial charge in [-0.3, -0.25) is 0 Å². The molecule has 0 amide bonds. The molecule has 2 aromatic carbocycles. The van der Waals surface area contributed by atoms with Gasteiger partial charge < -0.3 is 10.1 Å². The standard InChI is InChI=1S/C17H18ClNO.ClH/c18-14-6-7-17(20-15-8-10-19-11-9-15)16(12-14)13-4-2-1-3-5-13;/h1-7,12,15,19H,8-11H2;1H. The number of rotatable bonds is 3. The molecule has 0 bridgehead atoms. The Kier molecular flexibility index (Phi) is 5.92. The molecule has 0 unspecified atom stereocenters. The topological polar surface area (TPSA) is 21.3 Å². The highest BCUT2D eigenvalue weighted by molar-refractivity contribution is 6.31. The first kappa shape index (κ1) is 16.2. The third-order valence-electron chi connectivity index (χ3n) is 3.61. The fraction of sp³-hybridized carbons (Fsp3) is 0.294. The van der Waals surface area contributed by atoms with E-state index in [1.807, 2.05) is 36.4 Å². The molecule has 1 aliphatic heterocycles. The zero-order valence-electron chi connectivity index (χ0n) is 11.7. The number of hydrogen-bond acceptors (Lipinski definition) is 2. The quantitative estimate of drug-likeness (QED) is 0.894. The van der Waals surface area contributed by atoms with Crippen LogP contribution in [0.4, 0.5) is 0 Å². The molecule has 21 heavy (non-hydrogen) atoms. The first-order valence-corrected chi connectivity index (χ1v) is 7.43. The SMILES string of the molecule is Cl.Clc1ccc(OC2CCNCC2)c(-c2ccccc2)c1. The fourth-order valence-corrected chi connectivity index (χ4v) is 2.71. The van der Waals surface area contributed by atoms with Crippen LogP contribution in [0.2, 0.25) is 5.02 Å². The summed E-state index contributed by atoms with van der Waals surface area (Å²) < 4.78 is 6.20.